The van der Waals surface area contributed by atoms with E-state index in [0.717, 1.165) is 17.8 Å². The van der Waals surface area contributed by atoms with Crippen molar-refractivity contribution in [1.29, 1.82) is 0 Å². The van der Waals surface area contributed by atoms with Crippen LogP contribution in [0.1, 0.15) is 24.3 Å². The highest BCUT2D eigenvalue weighted by molar-refractivity contribution is 7.08. The van der Waals surface area contributed by atoms with Crippen LogP contribution in [-0.4, -0.2) is 34.2 Å². The lowest BCUT2D eigenvalue weighted by Crippen LogP contribution is -2.26. The largest absolute Gasteiger partial charge is 0.341 e. The van der Waals surface area contributed by atoms with E-state index < -0.39 is 0 Å². The van der Waals surface area contributed by atoms with E-state index >= 15 is 0 Å². The first-order chi connectivity index (χ1) is 8.67. The molecule has 0 aliphatic carbocycles. The monoisotopic (exact) mass is 263 g/mol. The van der Waals surface area contributed by atoms with Gasteiger partial charge in [0.2, 0.25) is 0 Å². The molecule has 0 saturated carbocycles. The summed E-state index contributed by atoms with van der Waals surface area (Å²) in [5.74, 6) is -0.0267. The molecule has 0 fully saturated rings. The first-order valence-electron chi connectivity index (χ1n) is 6.03. The minimum absolute atomic E-state index is 0.0267. The number of hydrogen-bond donors (Lipinski definition) is 0. The molecule has 0 saturated heterocycles. The summed E-state index contributed by atoms with van der Waals surface area (Å²) >= 11 is 1.65. The van der Waals surface area contributed by atoms with E-state index in [4.69, 9.17) is 0 Å². The predicted molar refractivity (Wildman–Crippen MR) is 73.8 cm³/mol. The summed E-state index contributed by atoms with van der Waals surface area (Å²) in [6.45, 7) is 5.43. The number of carbonyl (C=O) groups excluding carboxylic acids is 1. The molecule has 5 heteroatoms. The average Bonchev–Trinajstić information content (AvgIpc) is 3.04. The van der Waals surface area contributed by atoms with Crippen molar-refractivity contribution < 1.29 is 4.79 Å². The highest BCUT2D eigenvalue weighted by Crippen LogP contribution is 2.23. The Balaban J connectivity index is 2.38. The maximum absolute atomic E-state index is 12.1. The van der Waals surface area contributed by atoms with Gasteiger partial charge in [-0.1, -0.05) is 0 Å². The summed E-state index contributed by atoms with van der Waals surface area (Å²) in [6.07, 6.45) is 0. The molecule has 0 aliphatic rings. The van der Waals surface area contributed by atoms with Crippen molar-refractivity contribution in [2.24, 2.45) is 0 Å². The Bertz CT molecular complexity index is 530. The lowest BCUT2D eigenvalue weighted by molar-refractivity contribution is 0.0796. The number of amides is 1. The zero-order chi connectivity index (χ0) is 13.1. The van der Waals surface area contributed by atoms with Crippen LogP contribution in [-0.2, 0) is 6.54 Å². The SMILES string of the molecule is CCN(C)C(=O)c1cc(-c2ccsc2)n(CC)n1. The third kappa shape index (κ3) is 2.31. The van der Waals surface area contributed by atoms with Crippen LogP contribution in [0.3, 0.4) is 0 Å². The second kappa shape index (κ2) is 5.35. The Labute approximate surface area is 111 Å². The molecule has 0 aromatic carbocycles. The van der Waals surface area contributed by atoms with Gasteiger partial charge in [0.25, 0.3) is 5.91 Å². The minimum Gasteiger partial charge on any atom is -0.341 e. The highest BCUT2D eigenvalue weighted by atomic mass is 32.1. The van der Waals surface area contributed by atoms with Gasteiger partial charge in [0.05, 0.1) is 5.69 Å². The number of hydrogen-bond acceptors (Lipinski definition) is 3. The van der Waals surface area contributed by atoms with Crippen LogP contribution in [0, 0.1) is 0 Å². The molecule has 0 spiro atoms. The smallest absolute Gasteiger partial charge is 0.274 e. The normalized spacial score (nSPS) is 10.6. The van der Waals surface area contributed by atoms with Crippen LogP contribution in [0.15, 0.2) is 22.9 Å². The summed E-state index contributed by atoms with van der Waals surface area (Å²) < 4.78 is 1.87. The maximum atomic E-state index is 12.1. The fraction of sp³-hybridized carbons (Fsp3) is 0.385. The topological polar surface area (TPSA) is 38.1 Å². The predicted octanol–water partition coefficient (Wildman–Crippen LogP) is 2.72. The van der Waals surface area contributed by atoms with Gasteiger partial charge in [0.1, 0.15) is 0 Å². The van der Waals surface area contributed by atoms with Gasteiger partial charge in [-0.3, -0.25) is 9.48 Å². The van der Waals surface area contributed by atoms with Gasteiger partial charge >= 0.3 is 0 Å². The number of thiophene rings is 1. The van der Waals surface area contributed by atoms with Gasteiger partial charge in [-0.2, -0.15) is 16.4 Å². The van der Waals surface area contributed by atoms with Crippen LogP contribution < -0.4 is 0 Å². The molecule has 0 unspecified atom stereocenters. The van der Waals surface area contributed by atoms with E-state index in [1.165, 1.54) is 0 Å². The van der Waals surface area contributed by atoms with Gasteiger partial charge in [-0.25, -0.2) is 0 Å². The maximum Gasteiger partial charge on any atom is 0.274 e. The van der Waals surface area contributed by atoms with Gasteiger partial charge < -0.3 is 4.90 Å². The summed E-state index contributed by atoms with van der Waals surface area (Å²) in [5, 5.41) is 8.48. The van der Waals surface area contributed by atoms with Crippen LogP contribution in [0.4, 0.5) is 0 Å². The van der Waals surface area contributed by atoms with Crippen molar-refractivity contribution in [2.45, 2.75) is 20.4 Å². The molecule has 1 amide bonds. The molecule has 2 aromatic heterocycles. The lowest BCUT2D eigenvalue weighted by Gasteiger charge is -2.11. The van der Waals surface area contributed by atoms with Crippen molar-refractivity contribution >= 4 is 17.2 Å². The van der Waals surface area contributed by atoms with E-state index in [9.17, 15) is 4.79 Å². The van der Waals surface area contributed by atoms with Crippen molar-refractivity contribution in [3.05, 3.63) is 28.6 Å². The van der Waals surface area contributed by atoms with Crippen LogP contribution >= 0.6 is 11.3 Å². The molecule has 96 valence electrons. The number of rotatable bonds is 4. The fourth-order valence-electron chi connectivity index (χ4n) is 1.74. The molecule has 0 radical (unpaired) electrons. The van der Waals surface area contributed by atoms with Crippen LogP contribution in [0.5, 0.6) is 0 Å². The van der Waals surface area contributed by atoms with Gasteiger partial charge in [-0.05, 0) is 31.4 Å². The standard InChI is InChI=1S/C13H17N3OS/c1-4-15(3)13(17)11-8-12(16(5-2)14-11)10-6-7-18-9-10/h6-9H,4-5H2,1-3H3. The summed E-state index contributed by atoms with van der Waals surface area (Å²) in [4.78, 5) is 13.7. The first-order valence-corrected chi connectivity index (χ1v) is 6.97. The molecule has 2 aromatic rings. The zero-order valence-electron chi connectivity index (χ0n) is 10.9. The van der Waals surface area contributed by atoms with Crippen LogP contribution in [0.25, 0.3) is 11.3 Å². The Hall–Kier alpha value is -1.62. The Morgan fingerprint density at radius 3 is 2.83 bits per heavy atom. The molecule has 0 N–H and O–H groups in total. The molecule has 2 heterocycles. The first kappa shape index (κ1) is 12.8. The number of aromatic nitrogens is 2. The molecular formula is C13H17N3OS. The van der Waals surface area contributed by atoms with Crippen molar-refractivity contribution in [1.82, 2.24) is 14.7 Å². The second-order valence-electron chi connectivity index (χ2n) is 4.06. The number of carbonyl (C=O) groups is 1. The van der Waals surface area contributed by atoms with E-state index in [-0.39, 0.29) is 5.91 Å². The molecular weight excluding hydrogens is 246 g/mol. The van der Waals surface area contributed by atoms with Crippen molar-refractivity contribution in [2.75, 3.05) is 13.6 Å². The molecule has 0 bridgehead atoms. The highest BCUT2D eigenvalue weighted by Gasteiger charge is 2.17. The third-order valence-corrected chi connectivity index (χ3v) is 3.62. The summed E-state index contributed by atoms with van der Waals surface area (Å²) in [7, 11) is 1.79. The second-order valence-corrected chi connectivity index (χ2v) is 4.84. The quantitative estimate of drug-likeness (QED) is 0.850. The number of aryl methyl sites for hydroxylation is 1. The van der Waals surface area contributed by atoms with Gasteiger partial charge in [-0.15, -0.1) is 0 Å². The Morgan fingerprint density at radius 2 is 2.28 bits per heavy atom. The summed E-state index contributed by atoms with van der Waals surface area (Å²) in [5.41, 5.74) is 2.64. The van der Waals surface area contributed by atoms with Crippen molar-refractivity contribution in [3.63, 3.8) is 0 Å². The van der Waals surface area contributed by atoms with Gasteiger partial charge in [0.15, 0.2) is 5.69 Å². The van der Waals surface area contributed by atoms with Gasteiger partial charge in [0, 0.05) is 31.1 Å². The van der Waals surface area contributed by atoms with E-state index in [1.807, 2.05) is 36.0 Å². The summed E-state index contributed by atoms with van der Waals surface area (Å²) in [6, 6.07) is 3.92. The number of nitrogens with zero attached hydrogens (tertiary/aromatic N) is 3. The molecule has 2 rings (SSSR count). The molecule has 4 nitrogen and oxygen atoms in total. The van der Waals surface area contributed by atoms with E-state index in [1.54, 1.807) is 23.3 Å². The molecule has 0 aliphatic heterocycles. The Morgan fingerprint density at radius 1 is 1.50 bits per heavy atom. The van der Waals surface area contributed by atoms with E-state index in [2.05, 4.69) is 10.5 Å². The minimum atomic E-state index is -0.0267. The van der Waals surface area contributed by atoms with Crippen molar-refractivity contribution in [3.8, 4) is 11.3 Å². The Kier molecular flexibility index (Phi) is 3.81. The van der Waals surface area contributed by atoms with Crippen LogP contribution in [0.2, 0.25) is 0 Å². The zero-order valence-corrected chi connectivity index (χ0v) is 11.7. The molecule has 18 heavy (non-hydrogen) atoms. The lowest BCUT2D eigenvalue weighted by atomic mass is 10.2. The van der Waals surface area contributed by atoms with E-state index in [0.29, 0.717) is 12.2 Å². The molecule has 0 atom stereocenters. The fourth-order valence-corrected chi connectivity index (χ4v) is 2.39. The third-order valence-electron chi connectivity index (χ3n) is 2.94. The average molecular weight is 263 g/mol.